The molecule has 11 rings (SSSR count). The Hall–Kier alpha value is -8.55. The van der Waals surface area contributed by atoms with Crippen LogP contribution in [0.25, 0.3) is 89.8 Å². The van der Waals surface area contributed by atoms with Gasteiger partial charge in [-0.25, -0.2) is 24.9 Å². The lowest BCUT2D eigenvalue weighted by atomic mass is 9.80. The van der Waals surface area contributed by atoms with Crippen molar-refractivity contribution in [3.63, 3.8) is 0 Å². The fraction of sp³-hybridized carbons (Fsp3) is 0.0833. The normalized spacial score (nSPS) is 13.1. The number of nitrogens with zero attached hydrogens (tertiary/aromatic N) is 6. The van der Waals surface area contributed by atoms with Gasteiger partial charge in [-0.05, 0) is 54.0 Å². The number of allylic oxidation sites excluding steroid dienone is 4. The van der Waals surface area contributed by atoms with Gasteiger partial charge in [0.15, 0.2) is 23.3 Å². The van der Waals surface area contributed by atoms with E-state index in [0.29, 0.717) is 23.3 Å². The van der Waals surface area contributed by atoms with Crippen LogP contribution >= 0.6 is 0 Å². The summed E-state index contributed by atoms with van der Waals surface area (Å²) >= 11 is 0. The maximum atomic E-state index is 6.75. The Morgan fingerprint density at radius 1 is 0.552 bits per heavy atom. The van der Waals surface area contributed by atoms with Gasteiger partial charge in [-0.1, -0.05) is 184 Å². The van der Waals surface area contributed by atoms with Crippen LogP contribution in [0.5, 0.6) is 0 Å². The first-order valence-corrected chi connectivity index (χ1v) is 22.5. The first-order chi connectivity index (χ1) is 32.7. The van der Waals surface area contributed by atoms with Gasteiger partial charge in [0.25, 0.3) is 0 Å². The van der Waals surface area contributed by atoms with Crippen molar-refractivity contribution in [3.8, 4) is 56.7 Å². The van der Waals surface area contributed by atoms with Crippen LogP contribution in [0.2, 0.25) is 0 Å². The van der Waals surface area contributed by atoms with Gasteiger partial charge in [0, 0.05) is 73.6 Å². The van der Waals surface area contributed by atoms with E-state index in [1.54, 1.807) is 0 Å². The van der Waals surface area contributed by atoms with Gasteiger partial charge in [-0.3, -0.25) is 0 Å². The molecule has 1 aliphatic rings. The molecule has 0 radical (unpaired) electrons. The molecule has 0 saturated carbocycles. The molecular formula is C60H46N6O. The quantitative estimate of drug-likeness (QED) is 0.127. The van der Waals surface area contributed by atoms with E-state index in [2.05, 4.69) is 136 Å². The van der Waals surface area contributed by atoms with E-state index in [-0.39, 0.29) is 5.41 Å². The Morgan fingerprint density at radius 3 is 1.82 bits per heavy atom. The summed E-state index contributed by atoms with van der Waals surface area (Å²) in [7, 11) is 2.05. The van der Waals surface area contributed by atoms with Crippen molar-refractivity contribution < 1.29 is 4.42 Å². The first-order valence-electron chi connectivity index (χ1n) is 22.5. The number of furan rings is 1. The third-order valence-corrected chi connectivity index (χ3v) is 12.9. The molecule has 0 saturated heterocycles. The first kappa shape index (κ1) is 41.2. The van der Waals surface area contributed by atoms with Gasteiger partial charge in [0.05, 0.1) is 11.4 Å². The number of rotatable bonds is 10. The van der Waals surface area contributed by atoms with Gasteiger partial charge in [0.2, 0.25) is 0 Å². The highest BCUT2D eigenvalue weighted by molar-refractivity contribution is 6.12. The standard InChI is InChI=1S/C60H46N6O/c1-38(33-35-45(40-21-10-6-11-22-40)39(2)66(5)44-27-16-9-17-28-44)56-61-54(53-55(62-56)46-29-18-19-31-49(46)60(53,3)4)43-34-36-47-51(37-43)67-50-32-20-30-48(52(47)50)59-64-57(41-23-12-7-13-24-41)63-58(65-59)42-25-14-8-15-26-42/h6-37H,2H2,1,3-5H3/b38-33+,45-35+. The Labute approximate surface area is 390 Å². The maximum Gasteiger partial charge on any atom is 0.164 e. The van der Waals surface area contributed by atoms with Gasteiger partial charge < -0.3 is 9.32 Å². The molecule has 0 unspecified atom stereocenters. The second kappa shape index (κ2) is 16.8. The summed E-state index contributed by atoms with van der Waals surface area (Å²) in [6, 6.07) is 61.9. The molecule has 0 fully saturated rings. The smallest absolute Gasteiger partial charge is 0.164 e. The molecule has 0 aliphatic heterocycles. The molecule has 0 spiro atoms. The number of hydrogen-bond donors (Lipinski definition) is 0. The molecule has 0 atom stereocenters. The summed E-state index contributed by atoms with van der Waals surface area (Å²) in [5.41, 5.74) is 14.9. The van der Waals surface area contributed by atoms with Crippen molar-refractivity contribution in [2.24, 2.45) is 0 Å². The Morgan fingerprint density at radius 2 is 1.13 bits per heavy atom. The molecule has 0 bridgehead atoms. The highest BCUT2D eigenvalue weighted by atomic mass is 16.3. The maximum absolute atomic E-state index is 6.75. The Kier molecular flexibility index (Phi) is 10.3. The van der Waals surface area contributed by atoms with E-state index in [0.717, 1.165) is 94.8 Å². The predicted molar refractivity (Wildman–Crippen MR) is 274 cm³/mol. The van der Waals surface area contributed by atoms with Gasteiger partial charge >= 0.3 is 0 Å². The van der Waals surface area contributed by atoms with E-state index < -0.39 is 0 Å². The predicted octanol–water partition coefficient (Wildman–Crippen LogP) is 14.7. The van der Waals surface area contributed by atoms with E-state index >= 15 is 0 Å². The van der Waals surface area contributed by atoms with Crippen molar-refractivity contribution in [1.82, 2.24) is 24.9 Å². The highest BCUT2D eigenvalue weighted by Gasteiger charge is 2.40. The summed E-state index contributed by atoms with van der Waals surface area (Å²) < 4.78 is 6.75. The second-order valence-electron chi connectivity index (χ2n) is 17.5. The summed E-state index contributed by atoms with van der Waals surface area (Å²) in [6.07, 6.45) is 4.25. The summed E-state index contributed by atoms with van der Waals surface area (Å²) in [5, 5.41) is 1.90. The summed E-state index contributed by atoms with van der Waals surface area (Å²) in [4.78, 5) is 28.1. The van der Waals surface area contributed by atoms with E-state index in [1.807, 2.05) is 97.1 Å². The molecule has 7 nitrogen and oxygen atoms in total. The zero-order valence-corrected chi connectivity index (χ0v) is 37.8. The van der Waals surface area contributed by atoms with E-state index in [1.165, 1.54) is 5.56 Å². The van der Waals surface area contributed by atoms with Crippen molar-refractivity contribution in [3.05, 3.63) is 229 Å². The largest absolute Gasteiger partial charge is 0.456 e. The molecule has 3 aromatic heterocycles. The lowest BCUT2D eigenvalue weighted by Crippen LogP contribution is -2.17. The highest BCUT2D eigenvalue weighted by Crippen LogP contribution is 2.51. The number of likely N-dealkylation sites (N-methyl/N-ethyl adjacent to an activating group) is 1. The molecule has 1 aliphatic carbocycles. The zero-order chi connectivity index (χ0) is 45.6. The minimum absolute atomic E-state index is 0.362. The molecule has 3 heterocycles. The topological polar surface area (TPSA) is 80.8 Å². The van der Waals surface area contributed by atoms with Crippen LogP contribution in [-0.4, -0.2) is 32.0 Å². The second-order valence-corrected chi connectivity index (χ2v) is 17.5. The monoisotopic (exact) mass is 866 g/mol. The molecule has 0 amide bonds. The van der Waals surface area contributed by atoms with Gasteiger partial charge in [-0.15, -0.1) is 0 Å². The molecule has 322 valence electrons. The van der Waals surface area contributed by atoms with Crippen molar-refractivity contribution in [2.45, 2.75) is 26.2 Å². The average molecular weight is 867 g/mol. The van der Waals surface area contributed by atoms with Crippen molar-refractivity contribution in [1.29, 1.82) is 0 Å². The molecular weight excluding hydrogens is 821 g/mol. The molecule has 10 aromatic rings. The van der Waals surface area contributed by atoms with Crippen LogP contribution in [0.15, 0.2) is 211 Å². The fourth-order valence-corrected chi connectivity index (χ4v) is 9.34. The number of anilines is 1. The van der Waals surface area contributed by atoms with E-state index in [4.69, 9.17) is 29.3 Å². The fourth-order valence-electron chi connectivity index (χ4n) is 9.34. The van der Waals surface area contributed by atoms with Gasteiger partial charge in [-0.2, -0.15) is 0 Å². The van der Waals surface area contributed by atoms with Crippen molar-refractivity contribution in [2.75, 3.05) is 11.9 Å². The van der Waals surface area contributed by atoms with Crippen LogP contribution in [0, 0.1) is 0 Å². The Bertz CT molecular complexity index is 3520. The minimum atomic E-state index is -0.362. The number of para-hydroxylation sites is 1. The number of hydrogen-bond acceptors (Lipinski definition) is 7. The third kappa shape index (κ3) is 7.40. The molecule has 0 N–H and O–H groups in total. The lowest BCUT2D eigenvalue weighted by Gasteiger charge is -2.24. The van der Waals surface area contributed by atoms with Crippen LogP contribution in [0.4, 0.5) is 5.69 Å². The minimum Gasteiger partial charge on any atom is -0.456 e. The third-order valence-electron chi connectivity index (χ3n) is 12.9. The average Bonchev–Trinajstić information content (AvgIpc) is 3.88. The molecule has 7 heteroatoms. The van der Waals surface area contributed by atoms with Crippen LogP contribution < -0.4 is 4.90 Å². The zero-order valence-electron chi connectivity index (χ0n) is 37.8. The van der Waals surface area contributed by atoms with Crippen LogP contribution in [0.1, 0.15) is 43.3 Å². The molecule has 67 heavy (non-hydrogen) atoms. The summed E-state index contributed by atoms with van der Waals surface area (Å²) in [5.74, 6) is 2.44. The summed E-state index contributed by atoms with van der Waals surface area (Å²) in [6.45, 7) is 11.2. The van der Waals surface area contributed by atoms with Gasteiger partial charge in [0.1, 0.15) is 11.2 Å². The van der Waals surface area contributed by atoms with Crippen molar-refractivity contribution >= 4 is 38.8 Å². The Balaban J connectivity index is 1.05. The van der Waals surface area contributed by atoms with Crippen LogP contribution in [-0.2, 0) is 5.41 Å². The number of aromatic nitrogens is 5. The molecule has 7 aromatic carbocycles. The SMILES string of the molecule is C=C(/C(=C\C=C(/C)c1nc(-c2ccc3c(c2)oc2cccc(-c4nc(-c5ccccc5)nc(-c5ccccc5)n4)c23)c2c(n1)-c1ccccc1C2(C)C)c1ccccc1)N(C)c1ccccc1. The number of benzene rings is 7. The van der Waals surface area contributed by atoms with Crippen LogP contribution in [0.3, 0.4) is 0 Å². The number of fused-ring (bicyclic) bond motifs is 6. The lowest BCUT2D eigenvalue weighted by molar-refractivity contribution is 0.656. The van der Waals surface area contributed by atoms with E-state index in [9.17, 15) is 0 Å².